The van der Waals surface area contributed by atoms with Crippen molar-refractivity contribution in [2.24, 2.45) is 0 Å². The second-order valence-electron chi connectivity index (χ2n) is 4.20. The van der Waals surface area contributed by atoms with Gasteiger partial charge < -0.3 is 5.32 Å². The molecule has 0 spiro atoms. The third-order valence-electron chi connectivity index (χ3n) is 2.89. The number of hydrogen-bond acceptors (Lipinski definition) is 2. The number of hydrogen-bond donors (Lipinski definition) is 1. The molecule has 0 aliphatic carbocycles. The molecule has 19 heavy (non-hydrogen) atoms. The molecule has 0 atom stereocenters. The smallest absolute Gasteiger partial charge is 0.243 e. The number of nitrogens with zero attached hydrogens (tertiary/aromatic N) is 2. The summed E-state index contributed by atoms with van der Waals surface area (Å²) < 4.78 is 1.91. The highest BCUT2D eigenvalue weighted by molar-refractivity contribution is 5.86. The van der Waals surface area contributed by atoms with Gasteiger partial charge in [0.2, 0.25) is 5.91 Å². The standard InChI is InChI=1S/C15H17N3O/c1-2-15(19)16-12-14-8-10-17-18(14)11-9-13-6-4-3-5-7-13/h2-8,10H,1,9,11-12H2,(H,16,19). The minimum atomic E-state index is -0.171. The van der Waals surface area contributed by atoms with E-state index in [-0.39, 0.29) is 5.91 Å². The van der Waals surface area contributed by atoms with Gasteiger partial charge in [0.1, 0.15) is 0 Å². The van der Waals surface area contributed by atoms with Crippen LogP contribution < -0.4 is 5.32 Å². The molecule has 0 saturated heterocycles. The van der Waals surface area contributed by atoms with Gasteiger partial charge >= 0.3 is 0 Å². The molecule has 0 aliphatic heterocycles. The van der Waals surface area contributed by atoms with Crippen LogP contribution in [0.3, 0.4) is 0 Å². The summed E-state index contributed by atoms with van der Waals surface area (Å²) in [7, 11) is 0. The molecule has 2 aromatic rings. The Bertz CT molecular complexity index is 546. The van der Waals surface area contributed by atoms with Crippen LogP contribution in [-0.2, 0) is 24.3 Å². The summed E-state index contributed by atoms with van der Waals surface area (Å²) in [6.45, 7) is 4.70. The molecular weight excluding hydrogens is 238 g/mol. The molecule has 4 heteroatoms. The van der Waals surface area contributed by atoms with Crippen LogP contribution in [0.15, 0.2) is 55.3 Å². The molecule has 1 aromatic carbocycles. The minimum Gasteiger partial charge on any atom is -0.347 e. The van der Waals surface area contributed by atoms with Gasteiger partial charge in [-0.05, 0) is 24.1 Å². The van der Waals surface area contributed by atoms with E-state index in [2.05, 4.69) is 29.1 Å². The zero-order valence-electron chi connectivity index (χ0n) is 10.7. The molecular formula is C15H17N3O. The molecule has 1 heterocycles. The predicted molar refractivity (Wildman–Crippen MR) is 74.4 cm³/mol. The van der Waals surface area contributed by atoms with Gasteiger partial charge in [-0.25, -0.2) is 0 Å². The number of carbonyl (C=O) groups is 1. The van der Waals surface area contributed by atoms with Crippen molar-refractivity contribution < 1.29 is 4.79 Å². The third kappa shape index (κ3) is 3.81. The maximum atomic E-state index is 11.1. The molecule has 0 unspecified atom stereocenters. The zero-order chi connectivity index (χ0) is 13.5. The maximum Gasteiger partial charge on any atom is 0.243 e. The zero-order valence-corrected chi connectivity index (χ0v) is 10.7. The predicted octanol–water partition coefficient (Wildman–Crippen LogP) is 1.93. The van der Waals surface area contributed by atoms with Gasteiger partial charge in [-0.2, -0.15) is 5.10 Å². The molecule has 2 rings (SSSR count). The van der Waals surface area contributed by atoms with Crippen LogP contribution in [0.1, 0.15) is 11.3 Å². The average Bonchev–Trinajstić information content (AvgIpc) is 2.91. The number of carbonyl (C=O) groups excluding carboxylic acids is 1. The van der Waals surface area contributed by atoms with Crippen LogP contribution in [0.5, 0.6) is 0 Å². The highest BCUT2D eigenvalue weighted by atomic mass is 16.1. The van der Waals surface area contributed by atoms with Crippen molar-refractivity contribution in [3.8, 4) is 0 Å². The summed E-state index contributed by atoms with van der Waals surface area (Å²) in [6.07, 6.45) is 3.94. The molecule has 98 valence electrons. The van der Waals surface area contributed by atoms with Gasteiger partial charge in [0.25, 0.3) is 0 Å². The first kappa shape index (κ1) is 13.1. The van der Waals surface area contributed by atoms with Crippen molar-refractivity contribution >= 4 is 5.91 Å². The number of nitrogens with one attached hydrogen (secondary N) is 1. The Labute approximate surface area is 112 Å². The summed E-state index contributed by atoms with van der Waals surface area (Å²) in [5.41, 5.74) is 2.27. The Morgan fingerprint density at radius 1 is 1.32 bits per heavy atom. The maximum absolute atomic E-state index is 11.1. The summed E-state index contributed by atoms with van der Waals surface area (Å²) in [6, 6.07) is 12.2. The summed E-state index contributed by atoms with van der Waals surface area (Å²) >= 11 is 0. The van der Waals surface area contributed by atoms with Gasteiger partial charge in [0, 0.05) is 12.7 Å². The summed E-state index contributed by atoms with van der Waals surface area (Å²) in [5.74, 6) is -0.171. The van der Waals surface area contributed by atoms with Gasteiger partial charge in [-0.3, -0.25) is 9.48 Å². The lowest BCUT2D eigenvalue weighted by atomic mass is 10.1. The Morgan fingerprint density at radius 3 is 2.84 bits per heavy atom. The lowest BCUT2D eigenvalue weighted by molar-refractivity contribution is -0.116. The number of aryl methyl sites for hydroxylation is 2. The minimum absolute atomic E-state index is 0.171. The van der Waals surface area contributed by atoms with E-state index >= 15 is 0 Å². The first-order valence-corrected chi connectivity index (χ1v) is 6.24. The van der Waals surface area contributed by atoms with E-state index in [0.717, 1.165) is 18.7 Å². The first-order chi connectivity index (χ1) is 9.29. The second-order valence-corrected chi connectivity index (χ2v) is 4.20. The number of rotatable bonds is 6. The van der Waals surface area contributed by atoms with E-state index in [4.69, 9.17) is 0 Å². The molecule has 0 radical (unpaired) electrons. The SMILES string of the molecule is C=CC(=O)NCc1ccnn1CCc1ccccc1. The monoisotopic (exact) mass is 255 g/mol. The molecule has 1 aromatic heterocycles. The van der Waals surface area contributed by atoms with Crippen LogP contribution >= 0.6 is 0 Å². The Kier molecular flexibility index (Phi) is 4.50. The van der Waals surface area contributed by atoms with Gasteiger partial charge in [0.15, 0.2) is 0 Å². The normalized spacial score (nSPS) is 10.1. The van der Waals surface area contributed by atoms with Crippen LogP contribution in [0.25, 0.3) is 0 Å². The van der Waals surface area contributed by atoms with Crippen LogP contribution in [0, 0.1) is 0 Å². The van der Waals surface area contributed by atoms with Crippen LogP contribution in [0.2, 0.25) is 0 Å². The fourth-order valence-electron chi connectivity index (χ4n) is 1.84. The molecule has 0 fully saturated rings. The molecule has 0 aliphatic rings. The molecule has 1 N–H and O–H groups in total. The van der Waals surface area contributed by atoms with Gasteiger partial charge in [-0.15, -0.1) is 0 Å². The van der Waals surface area contributed by atoms with Gasteiger partial charge in [-0.1, -0.05) is 36.9 Å². The number of benzene rings is 1. The number of amides is 1. The van der Waals surface area contributed by atoms with E-state index in [9.17, 15) is 4.79 Å². The average molecular weight is 255 g/mol. The van der Waals surface area contributed by atoms with Crippen LogP contribution in [0.4, 0.5) is 0 Å². The van der Waals surface area contributed by atoms with Crippen LogP contribution in [-0.4, -0.2) is 15.7 Å². The van der Waals surface area contributed by atoms with E-state index in [0.29, 0.717) is 6.54 Å². The largest absolute Gasteiger partial charge is 0.347 e. The first-order valence-electron chi connectivity index (χ1n) is 6.24. The van der Waals surface area contributed by atoms with E-state index in [1.807, 2.05) is 28.9 Å². The van der Waals surface area contributed by atoms with Crippen molar-refractivity contribution in [3.05, 3.63) is 66.5 Å². The summed E-state index contributed by atoms with van der Waals surface area (Å²) in [5, 5.41) is 7.03. The fourth-order valence-corrected chi connectivity index (χ4v) is 1.84. The van der Waals surface area contributed by atoms with Crippen molar-refractivity contribution in [2.75, 3.05) is 0 Å². The van der Waals surface area contributed by atoms with E-state index in [1.54, 1.807) is 6.20 Å². The molecule has 0 saturated carbocycles. The van der Waals surface area contributed by atoms with Crippen molar-refractivity contribution in [2.45, 2.75) is 19.5 Å². The molecule has 4 nitrogen and oxygen atoms in total. The van der Waals surface area contributed by atoms with E-state index < -0.39 is 0 Å². The Hall–Kier alpha value is -2.36. The Balaban J connectivity index is 1.92. The summed E-state index contributed by atoms with van der Waals surface area (Å²) in [4.78, 5) is 11.1. The molecule has 0 bridgehead atoms. The topological polar surface area (TPSA) is 46.9 Å². The Morgan fingerprint density at radius 2 is 2.11 bits per heavy atom. The fraction of sp³-hybridized carbons (Fsp3) is 0.200. The van der Waals surface area contributed by atoms with Crippen molar-refractivity contribution in [3.63, 3.8) is 0 Å². The third-order valence-corrected chi connectivity index (χ3v) is 2.89. The van der Waals surface area contributed by atoms with E-state index in [1.165, 1.54) is 11.6 Å². The molecule has 1 amide bonds. The highest BCUT2D eigenvalue weighted by Gasteiger charge is 2.03. The lowest BCUT2D eigenvalue weighted by Gasteiger charge is -2.08. The highest BCUT2D eigenvalue weighted by Crippen LogP contribution is 2.04. The van der Waals surface area contributed by atoms with Crippen molar-refractivity contribution in [1.82, 2.24) is 15.1 Å². The quantitative estimate of drug-likeness (QED) is 0.802. The van der Waals surface area contributed by atoms with Gasteiger partial charge in [0.05, 0.1) is 12.2 Å². The van der Waals surface area contributed by atoms with Crippen molar-refractivity contribution in [1.29, 1.82) is 0 Å². The lowest BCUT2D eigenvalue weighted by Crippen LogP contribution is -2.22. The second kappa shape index (κ2) is 6.54. The number of aromatic nitrogens is 2.